The van der Waals surface area contributed by atoms with E-state index in [9.17, 15) is 8.78 Å². The normalized spacial score (nSPS) is 10.5. The van der Waals surface area contributed by atoms with Gasteiger partial charge in [0.25, 0.3) is 0 Å². The lowest BCUT2D eigenvalue weighted by atomic mass is 10.1. The highest BCUT2D eigenvalue weighted by molar-refractivity contribution is 7.80. The second-order valence-electron chi connectivity index (χ2n) is 4.73. The molecule has 3 rings (SSSR count). The van der Waals surface area contributed by atoms with Gasteiger partial charge in [-0.2, -0.15) is 0 Å². The predicted molar refractivity (Wildman–Crippen MR) is 90.1 cm³/mol. The molecular weight excluding hydrogens is 302 g/mol. The highest BCUT2D eigenvalue weighted by Gasteiger charge is 2.05. The van der Waals surface area contributed by atoms with Gasteiger partial charge in [0.05, 0.1) is 0 Å². The average Bonchev–Trinajstić information content (AvgIpc) is 2.51. The van der Waals surface area contributed by atoms with Crippen LogP contribution in [0.1, 0.15) is 0 Å². The molecule has 3 aromatic rings. The zero-order valence-corrected chi connectivity index (χ0v) is 12.3. The summed E-state index contributed by atoms with van der Waals surface area (Å²) in [6.07, 6.45) is 0. The summed E-state index contributed by atoms with van der Waals surface area (Å²) in [7, 11) is 0. The van der Waals surface area contributed by atoms with Crippen molar-refractivity contribution in [2.24, 2.45) is 0 Å². The molecule has 0 aliphatic heterocycles. The maximum absolute atomic E-state index is 13.2. The Bertz CT molecular complexity index is 844. The lowest BCUT2D eigenvalue weighted by molar-refractivity contribution is 0.509. The SMILES string of the molecule is Fc1ccc(NC(=S)Nc2cccc3ccccc23)cc1F. The predicted octanol–water partition coefficient (Wildman–Crippen LogP) is 4.93. The van der Waals surface area contributed by atoms with Crippen molar-refractivity contribution >= 4 is 39.5 Å². The van der Waals surface area contributed by atoms with Crippen molar-refractivity contribution in [3.8, 4) is 0 Å². The third-order valence-electron chi connectivity index (χ3n) is 3.22. The fourth-order valence-corrected chi connectivity index (χ4v) is 2.42. The number of thiocarbonyl (C=S) groups is 1. The van der Waals surface area contributed by atoms with Crippen molar-refractivity contribution < 1.29 is 8.78 Å². The zero-order valence-electron chi connectivity index (χ0n) is 11.4. The van der Waals surface area contributed by atoms with Crippen LogP contribution in [-0.4, -0.2) is 5.11 Å². The summed E-state index contributed by atoms with van der Waals surface area (Å²) in [6.45, 7) is 0. The number of fused-ring (bicyclic) bond motifs is 1. The summed E-state index contributed by atoms with van der Waals surface area (Å²) in [5.41, 5.74) is 1.23. The highest BCUT2D eigenvalue weighted by Crippen LogP contribution is 2.23. The van der Waals surface area contributed by atoms with Crippen LogP contribution in [0.2, 0.25) is 0 Å². The van der Waals surface area contributed by atoms with Crippen LogP contribution >= 0.6 is 12.2 Å². The van der Waals surface area contributed by atoms with E-state index in [1.807, 2.05) is 42.5 Å². The van der Waals surface area contributed by atoms with E-state index in [4.69, 9.17) is 12.2 Å². The molecule has 0 aliphatic rings. The third kappa shape index (κ3) is 3.04. The molecule has 0 radical (unpaired) electrons. The van der Waals surface area contributed by atoms with Crippen LogP contribution in [0.25, 0.3) is 10.8 Å². The number of benzene rings is 3. The Hall–Kier alpha value is -2.53. The van der Waals surface area contributed by atoms with Crippen LogP contribution in [-0.2, 0) is 0 Å². The number of hydrogen-bond acceptors (Lipinski definition) is 1. The third-order valence-corrected chi connectivity index (χ3v) is 3.42. The van der Waals surface area contributed by atoms with Crippen molar-refractivity contribution in [2.45, 2.75) is 0 Å². The maximum Gasteiger partial charge on any atom is 0.175 e. The van der Waals surface area contributed by atoms with Crippen molar-refractivity contribution in [3.63, 3.8) is 0 Å². The molecule has 3 aromatic carbocycles. The number of nitrogens with one attached hydrogen (secondary N) is 2. The van der Waals surface area contributed by atoms with Gasteiger partial charge in [-0.25, -0.2) is 8.78 Å². The van der Waals surface area contributed by atoms with Gasteiger partial charge in [-0.15, -0.1) is 0 Å². The molecule has 0 aliphatic carbocycles. The summed E-state index contributed by atoms with van der Waals surface area (Å²) in [5.74, 6) is -1.81. The molecule has 110 valence electrons. The molecule has 22 heavy (non-hydrogen) atoms. The minimum Gasteiger partial charge on any atom is -0.332 e. The summed E-state index contributed by atoms with van der Waals surface area (Å²) >= 11 is 5.22. The summed E-state index contributed by atoms with van der Waals surface area (Å²) in [6, 6.07) is 17.3. The van der Waals surface area contributed by atoms with E-state index in [1.54, 1.807) is 0 Å². The number of hydrogen-bond donors (Lipinski definition) is 2. The number of halogens is 2. The van der Waals surface area contributed by atoms with E-state index >= 15 is 0 Å². The molecule has 0 aromatic heterocycles. The van der Waals surface area contributed by atoms with Crippen LogP contribution < -0.4 is 10.6 Å². The standard InChI is InChI=1S/C17H12F2N2S/c18-14-9-8-12(10-15(14)19)20-17(22)21-16-7-3-5-11-4-1-2-6-13(11)16/h1-10H,(H2,20,21,22). The van der Waals surface area contributed by atoms with E-state index in [0.717, 1.165) is 28.6 Å². The first-order valence-corrected chi connectivity index (χ1v) is 7.05. The Labute approximate surface area is 131 Å². The van der Waals surface area contributed by atoms with Gasteiger partial charge in [0.15, 0.2) is 16.7 Å². The van der Waals surface area contributed by atoms with Crippen molar-refractivity contribution in [3.05, 3.63) is 72.3 Å². The Morgan fingerprint density at radius 2 is 1.59 bits per heavy atom. The van der Waals surface area contributed by atoms with Crippen molar-refractivity contribution in [1.29, 1.82) is 0 Å². The molecule has 2 N–H and O–H groups in total. The quantitative estimate of drug-likeness (QED) is 0.656. The van der Waals surface area contributed by atoms with Crippen LogP contribution in [0.15, 0.2) is 60.7 Å². The molecule has 0 saturated carbocycles. The van der Waals surface area contributed by atoms with Gasteiger partial charge < -0.3 is 10.6 Å². The average molecular weight is 314 g/mol. The molecule has 0 atom stereocenters. The van der Waals surface area contributed by atoms with Gasteiger partial charge in [-0.05, 0) is 35.8 Å². The Kier molecular flexibility index (Phi) is 3.98. The van der Waals surface area contributed by atoms with E-state index in [2.05, 4.69) is 10.6 Å². The summed E-state index contributed by atoms with van der Waals surface area (Å²) in [4.78, 5) is 0. The first-order valence-electron chi connectivity index (χ1n) is 6.64. The number of anilines is 2. The van der Waals surface area contributed by atoms with Gasteiger partial charge in [-0.1, -0.05) is 36.4 Å². The molecule has 2 nitrogen and oxygen atoms in total. The van der Waals surface area contributed by atoms with E-state index < -0.39 is 11.6 Å². The smallest absolute Gasteiger partial charge is 0.175 e. The van der Waals surface area contributed by atoms with Gasteiger partial charge in [0.1, 0.15) is 0 Å². The van der Waals surface area contributed by atoms with Crippen LogP contribution in [0.3, 0.4) is 0 Å². The Balaban J connectivity index is 1.80. The first kappa shape index (κ1) is 14.4. The highest BCUT2D eigenvalue weighted by atomic mass is 32.1. The zero-order chi connectivity index (χ0) is 15.5. The molecule has 5 heteroatoms. The van der Waals surface area contributed by atoms with E-state index in [-0.39, 0.29) is 0 Å². The van der Waals surface area contributed by atoms with Crippen molar-refractivity contribution in [2.75, 3.05) is 10.6 Å². The van der Waals surface area contributed by atoms with Gasteiger partial charge in [0.2, 0.25) is 0 Å². The van der Waals surface area contributed by atoms with Gasteiger partial charge in [-0.3, -0.25) is 0 Å². The summed E-state index contributed by atoms with van der Waals surface area (Å²) < 4.78 is 26.1. The summed E-state index contributed by atoms with van der Waals surface area (Å²) in [5, 5.41) is 8.33. The minimum absolute atomic E-state index is 0.308. The van der Waals surface area contributed by atoms with Crippen LogP contribution in [0, 0.1) is 11.6 Å². The monoisotopic (exact) mass is 314 g/mol. The second-order valence-corrected chi connectivity index (χ2v) is 5.14. The van der Waals surface area contributed by atoms with Crippen LogP contribution in [0.5, 0.6) is 0 Å². The topological polar surface area (TPSA) is 24.1 Å². The molecular formula is C17H12F2N2S. The van der Waals surface area contributed by atoms with Crippen LogP contribution in [0.4, 0.5) is 20.2 Å². The number of rotatable bonds is 2. The maximum atomic E-state index is 13.2. The largest absolute Gasteiger partial charge is 0.332 e. The Morgan fingerprint density at radius 3 is 2.41 bits per heavy atom. The van der Waals surface area contributed by atoms with Gasteiger partial charge >= 0.3 is 0 Å². The van der Waals surface area contributed by atoms with Gasteiger partial charge in [0, 0.05) is 22.8 Å². The lowest BCUT2D eigenvalue weighted by Crippen LogP contribution is -2.19. The fraction of sp³-hybridized carbons (Fsp3) is 0. The lowest BCUT2D eigenvalue weighted by Gasteiger charge is -2.12. The molecule has 0 saturated heterocycles. The minimum atomic E-state index is -0.919. The van der Waals surface area contributed by atoms with Crippen molar-refractivity contribution in [1.82, 2.24) is 0 Å². The fourth-order valence-electron chi connectivity index (χ4n) is 2.19. The molecule has 0 amide bonds. The Morgan fingerprint density at radius 1 is 0.818 bits per heavy atom. The second kappa shape index (κ2) is 6.07. The first-order chi connectivity index (χ1) is 10.6. The molecule has 0 spiro atoms. The molecule has 0 heterocycles. The molecule has 0 fully saturated rings. The van der Waals surface area contributed by atoms with E-state index in [1.165, 1.54) is 6.07 Å². The van der Waals surface area contributed by atoms with E-state index in [0.29, 0.717) is 10.8 Å². The molecule has 0 unspecified atom stereocenters. The molecule has 0 bridgehead atoms.